The Morgan fingerprint density at radius 1 is 0.926 bits per heavy atom. The number of allylic oxidation sites excluding steroid dienone is 2. The van der Waals surface area contributed by atoms with Crippen molar-refractivity contribution in [3.05, 3.63) is 12.2 Å². The molecule has 0 aromatic heterocycles. The van der Waals surface area contributed by atoms with E-state index in [1.165, 1.54) is 70.6 Å². The standard InChI is InChI=1S/C24H44O3/c1-2-3-4-5-6-7-8-9-10-11-12-13-14-15-16-19-24(25)27-22-23-18-17-20-26-21-23/h9-10,23H,2-8,11-22H2,1H3/b10-9-. The molecule has 1 unspecified atom stereocenters. The van der Waals surface area contributed by atoms with Crippen LogP contribution in [-0.2, 0) is 14.3 Å². The van der Waals surface area contributed by atoms with Gasteiger partial charge in [0.25, 0.3) is 0 Å². The van der Waals surface area contributed by atoms with Gasteiger partial charge >= 0.3 is 5.97 Å². The van der Waals surface area contributed by atoms with Crippen LogP contribution in [-0.4, -0.2) is 25.8 Å². The molecule has 1 aliphatic rings. The Balaban J connectivity index is 1.78. The highest BCUT2D eigenvalue weighted by atomic mass is 16.5. The highest BCUT2D eigenvalue weighted by molar-refractivity contribution is 5.69. The first-order valence-electron chi connectivity index (χ1n) is 11.7. The normalized spacial score (nSPS) is 17.4. The van der Waals surface area contributed by atoms with Gasteiger partial charge in [0.05, 0.1) is 13.2 Å². The molecule has 1 fully saturated rings. The number of rotatable bonds is 17. The smallest absolute Gasteiger partial charge is 0.305 e. The van der Waals surface area contributed by atoms with Crippen LogP contribution in [0.4, 0.5) is 0 Å². The van der Waals surface area contributed by atoms with Crippen molar-refractivity contribution in [2.45, 2.75) is 110 Å². The predicted molar refractivity (Wildman–Crippen MR) is 114 cm³/mol. The van der Waals surface area contributed by atoms with Crippen LogP contribution in [0.3, 0.4) is 0 Å². The van der Waals surface area contributed by atoms with Gasteiger partial charge in [-0.2, -0.15) is 0 Å². The summed E-state index contributed by atoms with van der Waals surface area (Å²) < 4.78 is 10.8. The minimum atomic E-state index is -0.0294. The Hall–Kier alpha value is -0.830. The summed E-state index contributed by atoms with van der Waals surface area (Å²) >= 11 is 0. The Labute approximate surface area is 168 Å². The average Bonchev–Trinajstić information content (AvgIpc) is 2.70. The summed E-state index contributed by atoms with van der Waals surface area (Å²) in [5.74, 6) is 0.384. The fourth-order valence-corrected chi connectivity index (χ4v) is 3.56. The molecule has 0 aromatic carbocycles. The lowest BCUT2D eigenvalue weighted by Gasteiger charge is -2.21. The number of ether oxygens (including phenoxy) is 2. The number of unbranched alkanes of at least 4 members (excludes halogenated alkanes) is 11. The second-order valence-electron chi connectivity index (χ2n) is 8.10. The van der Waals surface area contributed by atoms with Crippen molar-refractivity contribution in [3.63, 3.8) is 0 Å². The molecule has 158 valence electrons. The van der Waals surface area contributed by atoms with Crippen LogP contribution in [0.5, 0.6) is 0 Å². The molecule has 1 atom stereocenters. The van der Waals surface area contributed by atoms with Crippen LogP contribution < -0.4 is 0 Å². The van der Waals surface area contributed by atoms with Crippen LogP contribution in [0.25, 0.3) is 0 Å². The van der Waals surface area contributed by atoms with E-state index in [0.717, 1.165) is 38.9 Å². The lowest BCUT2D eigenvalue weighted by molar-refractivity contribution is -0.146. The molecule has 0 radical (unpaired) electrons. The van der Waals surface area contributed by atoms with E-state index in [2.05, 4.69) is 19.1 Å². The van der Waals surface area contributed by atoms with Crippen LogP contribution in [0, 0.1) is 5.92 Å². The summed E-state index contributed by atoms with van der Waals surface area (Å²) in [7, 11) is 0. The lowest BCUT2D eigenvalue weighted by atomic mass is 10.0. The molecule has 0 saturated carbocycles. The Kier molecular flexibility index (Phi) is 16.6. The van der Waals surface area contributed by atoms with E-state index in [0.29, 0.717) is 18.9 Å². The molecule has 0 spiro atoms. The van der Waals surface area contributed by atoms with Crippen molar-refractivity contribution in [3.8, 4) is 0 Å². The number of hydrogen-bond donors (Lipinski definition) is 0. The zero-order valence-electron chi connectivity index (χ0n) is 17.9. The van der Waals surface area contributed by atoms with Gasteiger partial charge in [-0.25, -0.2) is 0 Å². The maximum absolute atomic E-state index is 11.7. The average molecular weight is 381 g/mol. The second kappa shape index (κ2) is 18.5. The molecule has 0 bridgehead atoms. The van der Waals surface area contributed by atoms with Crippen molar-refractivity contribution in [1.82, 2.24) is 0 Å². The molecule has 0 N–H and O–H groups in total. The predicted octanol–water partition coefficient (Wildman–Crippen LogP) is 6.99. The molecule has 3 heteroatoms. The monoisotopic (exact) mass is 380 g/mol. The molecule has 3 nitrogen and oxygen atoms in total. The van der Waals surface area contributed by atoms with Gasteiger partial charge in [0.2, 0.25) is 0 Å². The van der Waals surface area contributed by atoms with Crippen molar-refractivity contribution in [2.75, 3.05) is 19.8 Å². The summed E-state index contributed by atoms with van der Waals surface area (Å²) in [5.41, 5.74) is 0. The molecule has 0 amide bonds. The molecule has 0 aliphatic carbocycles. The third-order valence-electron chi connectivity index (χ3n) is 5.38. The number of carbonyl (C=O) groups is 1. The van der Waals surface area contributed by atoms with Gasteiger partial charge in [0.1, 0.15) is 0 Å². The molecular weight excluding hydrogens is 336 g/mol. The molecule has 1 heterocycles. The maximum atomic E-state index is 11.7. The fraction of sp³-hybridized carbons (Fsp3) is 0.875. The summed E-state index contributed by atoms with van der Waals surface area (Å²) in [6.07, 6.45) is 24.2. The van der Waals surface area contributed by atoms with Gasteiger partial charge in [-0.15, -0.1) is 0 Å². The van der Waals surface area contributed by atoms with Crippen LogP contribution >= 0.6 is 0 Å². The summed E-state index contributed by atoms with van der Waals surface area (Å²) in [5, 5.41) is 0. The van der Waals surface area contributed by atoms with Gasteiger partial charge in [0.15, 0.2) is 0 Å². The van der Waals surface area contributed by atoms with Gasteiger partial charge in [-0.3, -0.25) is 4.79 Å². The molecular formula is C24H44O3. The molecule has 1 aliphatic heterocycles. The minimum Gasteiger partial charge on any atom is -0.465 e. The number of hydrogen-bond acceptors (Lipinski definition) is 3. The fourth-order valence-electron chi connectivity index (χ4n) is 3.56. The Morgan fingerprint density at radius 3 is 2.19 bits per heavy atom. The summed E-state index contributed by atoms with van der Waals surface area (Å²) in [4.78, 5) is 11.7. The van der Waals surface area contributed by atoms with Crippen LogP contribution in [0.2, 0.25) is 0 Å². The van der Waals surface area contributed by atoms with E-state index in [-0.39, 0.29) is 5.97 Å². The molecule has 27 heavy (non-hydrogen) atoms. The lowest BCUT2D eigenvalue weighted by Crippen LogP contribution is -2.23. The highest BCUT2D eigenvalue weighted by Gasteiger charge is 2.15. The van der Waals surface area contributed by atoms with Gasteiger partial charge in [0, 0.05) is 18.9 Å². The van der Waals surface area contributed by atoms with Crippen molar-refractivity contribution < 1.29 is 14.3 Å². The Morgan fingerprint density at radius 2 is 1.56 bits per heavy atom. The van der Waals surface area contributed by atoms with E-state index in [1.54, 1.807) is 0 Å². The van der Waals surface area contributed by atoms with Crippen molar-refractivity contribution in [2.24, 2.45) is 5.92 Å². The van der Waals surface area contributed by atoms with Gasteiger partial charge in [-0.05, 0) is 44.9 Å². The number of esters is 1. The Bertz CT molecular complexity index is 359. The van der Waals surface area contributed by atoms with E-state index in [9.17, 15) is 4.79 Å². The zero-order valence-corrected chi connectivity index (χ0v) is 17.9. The van der Waals surface area contributed by atoms with Crippen LogP contribution in [0.15, 0.2) is 12.2 Å². The summed E-state index contributed by atoms with van der Waals surface area (Å²) in [6, 6.07) is 0. The first-order chi connectivity index (χ1) is 13.3. The van der Waals surface area contributed by atoms with Crippen molar-refractivity contribution in [1.29, 1.82) is 0 Å². The van der Waals surface area contributed by atoms with Gasteiger partial charge < -0.3 is 9.47 Å². The van der Waals surface area contributed by atoms with E-state index >= 15 is 0 Å². The van der Waals surface area contributed by atoms with E-state index < -0.39 is 0 Å². The highest BCUT2D eigenvalue weighted by Crippen LogP contribution is 2.14. The SMILES string of the molecule is CCCCCCCC/C=C\CCCCCCCC(=O)OCC1CCCOC1. The quantitative estimate of drug-likeness (QED) is 0.155. The van der Waals surface area contributed by atoms with Crippen LogP contribution in [0.1, 0.15) is 110 Å². The summed E-state index contributed by atoms with van der Waals surface area (Å²) in [6.45, 7) is 4.43. The molecule has 0 aromatic rings. The topological polar surface area (TPSA) is 35.5 Å². The largest absolute Gasteiger partial charge is 0.465 e. The second-order valence-corrected chi connectivity index (χ2v) is 8.10. The van der Waals surface area contributed by atoms with Crippen molar-refractivity contribution >= 4 is 5.97 Å². The van der Waals surface area contributed by atoms with E-state index in [4.69, 9.17) is 9.47 Å². The molecule has 1 rings (SSSR count). The third-order valence-corrected chi connectivity index (χ3v) is 5.38. The third kappa shape index (κ3) is 15.9. The minimum absolute atomic E-state index is 0.0294. The molecule has 1 saturated heterocycles. The maximum Gasteiger partial charge on any atom is 0.305 e. The zero-order chi connectivity index (χ0) is 19.4. The van der Waals surface area contributed by atoms with E-state index in [1.807, 2.05) is 0 Å². The van der Waals surface area contributed by atoms with Gasteiger partial charge in [-0.1, -0.05) is 70.4 Å². The number of carbonyl (C=O) groups excluding carboxylic acids is 1. The first kappa shape index (κ1) is 24.2. The first-order valence-corrected chi connectivity index (χ1v) is 11.7.